The molecule has 2 N–H and O–H groups in total. The summed E-state index contributed by atoms with van der Waals surface area (Å²) in [6, 6.07) is 16.4. The van der Waals surface area contributed by atoms with Crippen molar-refractivity contribution in [2.24, 2.45) is 0 Å². The SMILES string of the molecule is Cc1ccccc1C(=O)Nc1cnc(N2CCN(c3ccccc3Cl)CC2)c(C(=O)O)c1. The maximum absolute atomic E-state index is 12.6. The van der Waals surface area contributed by atoms with Crippen LogP contribution in [-0.4, -0.2) is 48.1 Å². The zero-order valence-electron chi connectivity index (χ0n) is 17.6. The van der Waals surface area contributed by atoms with Gasteiger partial charge in [-0.3, -0.25) is 4.79 Å². The first-order valence-electron chi connectivity index (χ1n) is 10.3. The van der Waals surface area contributed by atoms with Gasteiger partial charge in [0.2, 0.25) is 0 Å². The number of carbonyl (C=O) groups is 2. The second-order valence-corrected chi connectivity index (χ2v) is 8.00. The van der Waals surface area contributed by atoms with E-state index in [2.05, 4.69) is 15.2 Å². The molecule has 1 amide bonds. The summed E-state index contributed by atoms with van der Waals surface area (Å²) in [5.41, 5.74) is 2.73. The van der Waals surface area contributed by atoms with Gasteiger partial charge in [-0.2, -0.15) is 0 Å². The van der Waals surface area contributed by atoms with Crippen molar-refractivity contribution in [3.05, 3.63) is 82.5 Å². The summed E-state index contributed by atoms with van der Waals surface area (Å²) in [6.45, 7) is 4.44. The van der Waals surface area contributed by atoms with E-state index in [-0.39, 0.29) is 11.5 Å². The number of anilines is 3. The highest BCUT2D eigenvalue weighted by atomic mass is 35.5. The van der Waals surface area contributed by atoms with Crippen LogP contribution in [0.3, 0.4) is 0 Å². The first-order valence-corrected chi connectivity index (χ1v) is 10.7. The molecule has 32 heavy (non-hydrogen) atoms. The lowest BCUT2D eigenvalue weighted by Gasteiger charge is -2.37. The van der Waals surface area contributed by atoms with Crippen molar-refractivity contribution in [1.82, 2.24) is 4.98 Å². The third-order valence-corrected chi connectivity index (χ3v) is 5.84. The number of carboxylic acid groups (broad SMARTS) is 1. The number of hydrogen-bond acceptors (Lipinski definition) is 5. The van der Waals surface area contributed by atoms with Crippen LogP contribution in [0.1, 0.15) is 26.3 Å². The van der Waals surface area contributed by atoms with Gasteiger partial charge < -0.3 is 20.2 Å². The number of benzene rings is 2. The van der Waals surface area contributed by atoms with Crippen LogP contribution < -0.4 is 15.1 Å². The fourth-order valence-electron chi connectivity index (χ4n) is 3.83. The van der Waals surface area contributed by atoms with Crippen LogP contribution in [0, 0.1) is 6.92 Å². The fraction of sp³-hybridized carbons (Fsp3) is 0.208. The summed E-state index contributed by atoms with van der Waals surface area (Å²) < 4.78 is 0. The molecule has 8 heteroatoms. The normalized spacial score (nSPS) is 13.7. The topological polar surface area (TPSA) is 85.8 Å². The van der Waals surface area contributed by atoms with E-state index >= 15 is 0 Å². The molecule has 0 bridgehead atoms. The number of aryl methyl sites for hydroxylation is 1. The van der Waals surface area contributed by atoms with Gasteiger partial charge in [-0.1, -0.05) is 41.9 Å². The van der Waals surface area contributed by atoms with Crippen LogP contribution in [0.15, 0.2) is 60.8 Å². The Morgan fingerprint density at radius 3 is 2.31 bits per heavy atom. The number of nitrogens with one attached hydrogen (secondary N) is 1. The van der Waals surface area contributed by atoms with Crippen molar-refractivity contribution in [3.63, 3.8) is 0 Å². The molecular formula is C24H23ClN4O3. The molecule has 0 atom stereocenters. The second-order valence-electron chi connectivity index (χ2n) is 7.59. The van der Waals surface area contributed by atoms with Crippen molar-refractivity contribution in [3.8, 4) is 0 Å². The molecule has 0 saturated carbocycles. The highest BCUT2D eigenvalue weighted by Gasteiger charge is 2.24. The van der Waals surface area contributed by atoms with Crippen molar-refractivity contribution in [2.45, 2.75) is 6.92 Å². The number of nitrogens with zero attached hydrogens (tertiary/aromatic N) is 3. The Balaban J connectivity index is 1.50. The van der Waals surface area contributed by atoms with E-state index in [1.807, 2.05) is 48.2 Å². The number of carboxylic acids is 1. The minimum atomic E-state index is -1.09. The quantitative estimate of drug-likeness (QED) is 0.602. The fourth-order valence-corrected chi connectivity index (χ4v) is 4.08. The molecule has 0 radical (unpaired) electrons. The highest BCUT2D eigenvalue weighted by Crippen LogP contribution is 2.28. The predicted molar refractivity (Wildman–Crippen MR) is 126 cm³/mol. The van der Waals surface area contributed by atoms with E-state index in [9.17, 15) is 14.7 Å². The molecule has 1 aromatic heterocycles. The van der Waals surface area contributed by atoms with E-state index in [0.29, 0.717) is 48.3 Å². The molecular weight excluding hydrogens is 428 g/mol. The van der Waals surface area contributed by atoms with E-state index in [1.54, 1.807) is 12.1 Å². The molecule has 164 valence electrons. The van der Waals surface area contributed by atoms with Gasteiger partial charge in [0.1, 0.15) is 11.4 Å². The summed E-state index contributed by atoms with van der Waals surface area (Å²) in [5, 5.41) is 13.2. The zero-order valence-corrected chi connectivity index (χ0v) is 18.3. The molecule has 1 aliphatic rings. The number of amides is 1. The number of piperazine rings is 1. The largest absolute Gasteiger partial charge is 0.478 e. The predicted octanol–water partition coefficient (Wildman–Crippen LogP) is 4.32. The Morgan fingerprint density at radius 2 is 1.62 bits per heavy atom. The number of pyridine rings is 1. The lowest BCUT2D eigenvalue weighted by molar-refractivity contribution is 0.0696. The maximum atomic E-state index is 12.6. The van der Waals surface area contributed by atoms with Crippen molar-refractivity contribution >= 4 is 40.7 Å². The van der Waals surface area contributed by atoms with Crippen LogP contribution in [-0.2, 0) is 0 Å². The lowest BCUT2D eigenvalue weighted by Crippen LogP contribution is -2.47. The van der Waals surface area contributed by atoms with Crippen LogP contribution in [0.5, 0.6) is 0 Å². The molecule has 7 nitrogen and oxygen atoms in total. The van der Waals surface area contributed by atoms with Crippen molar-refractivity contribution in [2.75, 3.05) is 41.3 Å². The number of aromatic nitrogens is 1. The molecule has 1 aliphatic heterocycles. The Hall–Kier alpha value is -3.58. The Morgan fingerprint density at radius 1 is 0.969 bits per heavy atom. The smallest absolute Gasteiger partial charge is 0.339 e. The van der Waals surface area contributed by atoms with Gasteiger partial charge in [0.05, 0.1) is 22.6 Å². The van der Waals surface area contributed by atoms with Gasteiger partial charge in [-0.25, -0.2) is 9.78 Å². The maximum Gasteiger partial charge on any atom is 0.339 e. The monoisotopic (exact) mass is 450 g/mol. The number of carbonyl (C=O) groups excluding carboxylic acids is 1. The Kier molecular flexibility index (Phi) is 6.28. The molecule has 1 fully saturated rings. The minimum Gasteiger partial charge on any atom is -0.478 e. The van der Waals surface area contributed by atoms with E-state index < -0.39 is 5.97 Å². The molecule has 3 aromatic rings. The van der Waals surface area contributed by atoms with E-state index in [1.165, 1.54) is 12.3 Å². The number of halogens is 1. The molecule has 1 saturated heterocycles. The average Bonchev–Trinajstić information content (AvgIpc) is 2.80. The lowest BCUT2D eigenvalue weighted by atomic mass is 10.1. The third kappa shape index (κ3) is 4.53. The summed E-state index contributed by atoms with van der Waals surface area (Å²) in [5.74, 6) is -0.999. The van der Waals surface area contributed by atoms with Gasteiger partial charge >= 0.3 is 5.97 Å². The second kappa shape index (κ2) is 9.28. The first-order chi connectivity index (χ1) is 15.4. The van der Waals surface area contributed by atoms with Gasteiger partial charge in [0.25, 0.3) is 5.91 Å². The minimum absolute atomic E-state index is 0.0544. The molecule has 2 aromatic carbocycles. The molecule has 2 heterocycles. The van der Waals surface area contributed by atoms with Gasteiger partial charge in [0, 0.05) is 31.7 Å². The van der Waals surface area contributed by atoms with Crippen LogP contribution in [0.25, 0.3) is 0 Å². The molecule has 0 unspecified atom stereocenters. The molecule has 4 rings (SSSR count). The van der Waals surface area contributed by atoms with E-state index in [4.69, 9.17) is 11.6 Å². The number of rotatable bonds is 5. The summed E-state index contributed by atoms with van der Waals surface area (Å²) >= 11 is 6.31. The Bertz CT molecular complexity index is 1160. The first kappa shape index (κ1) is 21.6. The highest BCUT2D eigenvalue weighted by molar-refractivity contribution is 6.33. The van der Waals surface area contributed by atoms with Gasteiger partial charge in [0.15, 0.2) is 0 Å². The van der Waals surface area contributed by atoms with Crippen molar-refractivity contribution in [1.29, 1.82) is 0 Å². The average molecular weight is 451 g/mol. The number of hydrogen-bond donors (Lipinski definition) is 2. The van der Waals surface area contributed by atoms with Crippen LogP contribution in [0.4, 0.5) is 17.2 Å². The molecule has 0 spiro atoms. The van der Waals surface area contributed by atoms with Crippen LogP contribution in [0.2, 0.25) is 5.02 Å². The van der Waals surface area contributed by atoms with Gasteiger partial charge in [-0.05, 0) is 36.8 Å². The summed E-state index contributed by atoms with van der Waals surface area (Å²) in [6.07, 6.45) is 1.50. The van der Waals surface area contributed by atoms with E-state index in [0.717, 1.165) is 11.3 Å². The third-order valence-electron chi connectivity index (χ3n) is 5.52. The zero-order chi connectivity index (χ0) is 22.7. The Labute approximate surface area is 191 Å². The number of aromatic carboxylic acids is 1. The summed E-state index contributed by atoms with van der Waals surface area (Å²) in [7, 11) is 0. The standard InChI is InChI=1S/C24H23ClN4O3/c1-16-6-2-3-7-18(16)23(30)27-17-14-19(24(31)32)22(26-15-17)29-12-10-28(11-13-29)21-9-5-4-8-20(21)25/h2-9,14-15H,10-13H2,1H3,(H,27,30)(H,31,32). The summed E-state index contributed by atoms with van der Waals surface area (Å²) in [4.78, 5) is 33.1. The van der Waals surface area contributed by atoms with Gasteiger partial charge in [-0.15, -0.1) is 0 Å². The van der Waals surface area contributed by atoms with Crippen molar-refractivity contribution < 1.29 is 14.7 Å². The van der Waals surface area contributed by atoms with Crippen LogP contribution >= 0.6 is 11.6 Å². The molecule has 0 aliphatic carbocycles. The number of para-hydroxylation sites is 1.